The molecule has 0 spiro atoms. The van der Waals surface area contributed by atoms with Crippen LogP contribution in [0.3, 0.4) is 0 Å². The highest BCUT2D eigenvalue weighted by Crippen LogP contribution is 2.13. The molecule has 0 fully saturated rings. The van der Waals surface area contributed by atoms with Gasteiger partial charge in [-0.2, -0.15) is 0 Å². The summed E-state index contributed by atoms with van der Waals surface area (Å²) >= 11 is 5.39. The lowest BCUT2D eigenvalue weighted by Gasteiger charge is -2.27. The quantitative estimate of drug-likeness (QED) is 0.612. The molecule has 0 aliphatic heterocycles. The molecular weight excluding hydrogens is 140 g/mol. The topological polar surface area (TPSA) is 29.5 Å². The molecule has 0 aliphatic rings. The van der Waals surface area contributed by atoms with Crippen LogP contribution in [0.15, 0.2) is 0 Å². The van der Waals surface area contributed by atoms with Crippen LogP contribution in [0.2, 0.25) is 0 Å². The molecule has 56 valence electrons. The normalized spacial score (nSPS) is 15.7. The van der Waals surface area contributed by atoms with Gasteiger partial charge in [0.15, 0.2) is 0 Å². The van der Waals surface area contributed by atoms with Gasteiger partial charge in [-0.15, -0.1) is 11.6 Å². The molecule has 9 heavy (non-hydrogen) atoms. The first-order chi connectivity index (χ1) is 4.04. The summed E-state index contributed by atoms with van der Waals surface area (Å²) in [7, 11) is 1.55. The van der Waals surface area contributed by atoms with Crippen molar-refractivity contribution in [2.75, 3.05) is 13.0 Å². The monoisotopic (exact) mass is 152 g/mol. The molecular formula is C6H13ClO2. The molecule has 3 heteroatoms. The minimum atomic E-state index is -0.593. The third-order valence-corrected chi connectivity index (χ3v) is 1.77. The van der Waals surface area contributed by atoms with Crippen molar-refractivity contribution in [3.05, 3.63) is 0 Å². The van der Waals surface area contributed by atoms with Gasteiger partial charge in [0.25, 0.3) is 0 Å². The molecule has 1 N–H and O–H groups in total. The lowest BCUT2D eigenvalue weighted by molar-refractivity contribution is -0.0671. The van der Waals surface area contributed by atoms with Gasteiger partial charge in [0.1, 0.15) is 0 Å². The van der Waals surface area contributed by atoms with E-state index in [1.165, 1.54) is 0 Å². The third-order valence-electron chi connectivity index (χ3n) is 1.47. The van der Waals surface area contributed by atoms with Crippen LogP contribution >= 0.6 is 11.6 Å². The molecule has 0 aromatic carbocycles. The number of rotatable bonds is 3. The molecule has 0 heterocycles. The predicted octanol–water partition coefficient (Wildman–Crippen LogP) is 1.01. The highest BCUT2D eigenvalue weighted by Gasteiger charge is 2.25. The second-order valence-corrected chi connectivity index (χ2v) is 2.79. The van der Waals surface area contributed by atoms with Crippen molar-refractivity contribution in [3.63, 3.8) is 0 Å². The number of hydrogen-bond acceptors (Lipinski definition) is 2. The summed E-state index contributed by atoms with van der Waals surface area (Å²) in [5, 5.41) is 9.13. The largest absolute Gasteiger partial charge is 0.389 e. The Kier molecular flexibility index (Phi) is 3.48. The number of halogens is 1. The molecule has 0 rings (SSSR count). The van der Waals surface area contributed by atoms with E-state index in [4.69, 9.17) is 21.4 Å². The van der Waals surface area contributed by atoms with E-state index in [0.717, 1.165) is 0 Å². The Morgan fingerprint density at radius 2 is 2.11 bits per heavy atom. The van der Waals surface area contributed by atoms with E-state index in [-0.39, 0.29) is 5.88 Å². The van der Waals surface area contributed by atoms with Crippen LogP contribution in [0.4, 0.5) is 0 Å². The van der Waals surface area contributed by atoms with Crippen LogP contribution in [-0.4, -0.2) is 29.8 Å². The third kappa shape index (κ3) is 2.52. The molecule has 1 unspecified atom stereocenters. The minimum Gasteiger partial charge on any atom is -0.389 e. The molecule has 0 aromatic heterocycles. The van der Waals surface area contributed by atoms with Crippen molar-refractivity contribution in [1.82, 2.24) is 0 Å². The van der Waals surface area contributed by atoms with Crippen molar-refractivity contribution in [1.29, 1.82) is 0 Å². The van der Waals surface area contributed by atoms with Crippen LogP contribution < -0.4 is 0 Å². The SMILES string of the molecule is COC(C)(C)C(O)CCl. The van der Waals surface area contributed by atoms with Gasteiger partial charge < -0.3 is 9.84 Å². The van der Waals surface area contributed by atoms with Crippen molar-refractivity contribution in [2.24, 2.45) is 0 Å². The molecule has 0 amide bonds. The molecule has 0 radical (unpaired) electrons. The van der Waals surface area contributed by atoms with E-state index >= 15 is 0 Å². The lowest BCUT2D eigenvalue weighted by atomic mass is 10.0. The standard InChI is InChI=1S/C6H13ClO2/c1-6(2,9-3)5(8)4-7/h5,8H,4H2,1-3H3. The Balaban J connectivity index is 3.80. The minimum absolute atomic E-state index is 0.209. The summed E-state index contributed by atoms with van der Waals surface area (Å²) in [6.07, 6.45) is -0.593. The van der Waals surface area contributed by atoms with Gasteiger partial charge in [-0.25, -0.2) is 0 Å². The fourth-order valence-electron chi connectivity index (χ4n) is 0.322. The van der Waals surface area contributed by atoms with Crippen molar-refractivity contribution in [3.8, 4) is 0 Å². The number of aliphatic hydroxyl groups is 1. The lowest BCUT2D eigenvalue weighted by Crippen LogP contribution is -2.39. The van der Waals surface area contributed by atoms with Gasteiger partial charge in [-0.1, -0.05) is 0 Å². The maximum atomic E-state index is 9.13. The molecule has 0 aromatic rings. The van der Waals surface area contributed by atoms with Crippen LogP contribution in [0.25, 0.3) is 0 Å². The fraction of sp³-hybridized carbons (Fsp3) is 1.00. The maximum Gasteiger partial charge on any atom is 0.0959 e. The van der Waals surface area contributed by atoms with Crippen LogP contribution in [0, 0.1) is 0 Å². The van der Waals surface area contributed by atoms with Gasteiger partial charge in [0, 0.05) is 7.11 Å². The highest BCUT2D eigenvalue weighted by atomic mass is 35.5. The summed E-state index contributed by atoms with van der Waals surface area (Å²) < 4.78 is 4.96. The molecule has 0 bridgehead atoms. The number of alkyl halides is 1. The van der Waals surface area contributed by atoms with Gasteiger partial charge >= 0.3 is 0 Å². The number of ether oxygens (including phenoxy) is 1. The van der Waals surface area contributed by atoms with E-state index in [9.17, 15) is 0 Å². The van der Waals surface area contributed by atoms with E-state index in [2.05, 4.69) is 0 Å². The second-order valence-electron chi connectivity index (χ2n) is 2.48. The zero-order valence-electron chi connectivity index (χ0n) is 6.02. The molecule has 0 saturated heterocycles. The zero-order valence-corrected chi connectivity index (χ0v) is 6.77. The molecule has 2 nitrogen and oxygen atoms in total. The maximum absolute atomic E-state index is 9.13. The first kappa shape index (κ1) is 9.21. The van der Waals surface area contributed by atoms with E-state index in [1.54, 1.807) is 21.0 Å². The predicted molar refractivity (Wildman–Crippen MR) is 37.8 cm³/mol. The fourth-order valence-corrected chi connectivity index (χ4v) is 0.693. The Morgan fingerprint density at radius 1 is 1.67 bits per heavy atom. The Hall–Kier alpha value is 0.210. The molecule has 1 atom stereocenters. The summed E-state index contributed by atoms with van der Waals surface area (Å²) in [6, 6.07) is 0. The Morgan fingerprint density at radius 3 is 2.22 bits per heavy atom. The van der Waals surface area contributed by atoms with Gasteiger partial charge in [0.05, 0.1) is 17.6 Å². The van der Waals surface area contributed by atoms with Crippen molar-refractivity contribution < 1.29 is 9.84 Å². The summed E-state index contributed by atoms with van der Waals surface area (Å²) in [5.74, 6) is 0.209. The first-order valence-electron chi connectivity index (χ1n) is 2.83. The second kappa shape index (κ2) is 3.40. The highest BCUT2D eigenvalue weighted by molar-refractivity contribution is 6.18. The van der Waals surface area contributed by atoms with E-state index in [0.29, 0.717) is 0 Å². The van der Waals surface area contributed by atoms with Crippen LogP contribution in [0.1, 0.15) is 13.8 Å². The van der Waals surface area contributed by atoms with Crippen molar-refractivity contribution in [2.45, 2.75) is 25.6 Å². The number of aliphatic hydroxyl groups excluding tert-OH is 1. The molecule has 0 saturated carbocycles. The Bertz CT molecular complexity index is 83.1. The average molecular weight is 153 g/mol. The number of hydrogen-bond donors (Lipinski definition) is 1. The van der Waals surface area contributed by atoms with Crippen molar-refractivity contribution >= 4 is 11.6 Å². The van der Waals surface area contributed by atoms with Gasteiger partial charge in [-0.05, 0) is 13.8 Å². The average Bonchev–Trinajstić information content (AvgIpc) is 1.86. The Labute approximate surface area is 60.8 Å². The van der Waals surface area contributed by atoms with E-state index in [1.807, 2.05) is 0 Å². The van der Waals surface area contributed by atoms with E-state index < -0.39 is 11.7 Å². The summed E-state index contributed by atoms with van der Waals surface area (Å²) in [6.45, 7) is 3.58. The van der Waals surface area contributed by atoms with Gasteiger partial charge in [0.2, 0.25) is 0 Å². The summed E-state index contributed by atoms with van der Waals surface area (Å²) in [4.78, 5) is 0. The first-order valence-corrected chi connectivity index (χ1v) is 3.37. The molecule has 0 aliphatic carbocycles. The summed E-state index contributed by atoms with van der Waals surface area (Å²) in [5.41, 5.74) is -0.526. The van der Waals surface area contributed by atoms with Crippen LogP contribution in [0.5, 0.6) is 0 Å². The van der Waals surface area contributed by atoms with Crippen LogP contribution in [-0.2, 0) is 4.74 Å². The number of methoxy groups -OCH3 is 1. The smallest absolute Gasteiger partial charge is 0.0959 e. The zero-order chi connectivity index (χ0) is 7.49. The van der Waals surface area contributed by atoms with Gasteiger partial charge in [-0.3, -0.25) is 0 Å².